The molecule has 2 rings (SSSR count). The van der Waals surface area contributed by atoms with E-state index in [2.05, 4.69) is 48.6 Å². The van der Waals surface area contributed by atoms with Crippen molar-refractivity contribution in [2.75, 3.05) is 25.5 Å². The summed E-state index contributed by atoms with van der Waals surface area (Å²) in [5.41, 5.74) is 8.54. The van der Waals surface area contributed by atoms with Gasteiger partial charge in [-0.2, -0.15) is 0 Å². The molecule has 1 aliphatic rings. The van der Waals surface area contributed by atoms with E-state index < -0.39 is 0 Å². The van der Waals surface area contributed by atoms with Crippen LogP contribution in [0, 0.1) is 5.92 Å². The average Bonchev–Trinajstić information content (AvgIpc) is 2.41. The van der Waals surface area contributed by atoms with Gasteiger partial charge >= 0.3 is 0 Å². The molecule has 0 heterocycles. The highest BCUT2D eigenvalue weighted by molar-refractivity contribution is 5.45. The maximum atomic E-state index is 5.93. The van der Waals surface area contributed by atoms with Crippen LogP contribution >= 0.6 is 0 Å². The van der Waals surface area contributed by atoms with Gasteiger partial charge in [0.2, 0.25) is 0 Å². The number of hydrogen-bond donors (Lipinski definition) is 2. The first-order valence-electron chi connectivity index (χ1n) is 7.37. The van der Waals surface area contributed by atoms with Gasteiger partial charge in [0.25, 0.3) is 0 Å². The minimum Gasteiger partial charge on any atom is -0.378 e. The number of hydrogen-bond acceptors (Lipinski definition) is 3. The molecule has 0 bridgehead atoms. The Kier molecular flexibility index (Phi) is 5.23. The number of anilines is 1. The minimum atomic E-state index is 0.454. The van der Waals surface area contributed by atoms with E-state index in [1.165, 1.54) is 36.9 Å². The van der Waals surface area contributed by atoms with Gasteiger partial charge in [-0.05, 0) is 55.8 Å². The molecule has 0 radical (unpaired) electrons. The molecule has 1 aromatic rings. The van der Waals surface area contributed by atoms with Gasteiger partial charge < -0.3 is 16.0 Å². The van der Waals surface area contributed by atoms with Crippen molar-refractivity contribution in [3.8, 4) is 0 Å². The van der Waals surface area contributed by atoms with Crippen LogP contribution in [0.1, 0.15) is 31.2 Å². The predicted molar refractivity (Wildman–Crippen MR) is 82.4 cm³/mol. The molecule has 0 atom stereocenters. The van der Waals surface area contributed by atoms with Crippen molar-refractivity contribution in [2.45, 2.75) is 38.3 Å². The van der Waals surface area contributed by atoms with Crippen molar-refractivity contribution in [2.24, 2.45) is 11.7 Å². The lowest BCUT2D eigenvalue weighted by atomic mass is 9.86. The zero-order chi connectivity index (χ0) is 13.7. The highest BCUT2D eigenvalue weighted by Gasteiger charge is 2.17. The van der Waals surface area contributed by atoms with Crippen molar-refractivity contribution in [3.63, 3.8) is 0 Å². The van der Waals surface area contributed by atoms with Crippen LogP contribution in [0.3, 0.4) is 0 Å². The Morgan fingerprint density at radius 2 is 1.74 bits per heavy atom. The average molecular weight is 261 g/mol. The molecule has 19 heavy (non-hydrogen) atoms. The predicted octanol–water partition coefficient (Wildman–Crippen LogP) is 2.36. The molecule has 3 heteroatoms. The molecule has 106 valence electrons. The van der Waals surface area contributed by atoms with Crippen LogP contribution in [-0.4, -0.2) is 26.7 Å². The summed E-state index contributed by atoms with van der Waals surface area (Å²) < 4.78 is 0. The van der Waals surface area contributed by atoms with E-state index in [0.717, 1.165) is 19.0 Å². The summed E-state index contributed by atoms with van der Waals surface area (Å²) in [6, 6.07) is 9.22. The standard InChI is InChI=1S/C16H27N3/c1-19(2)16-9-5-14(6-10-16)12-18-11-13-3-7-15(17)8-4-13/h5-6,9-10,13,15,18H,3-4,7-8,11-12,17H2,1-2H3/t13-,15-. The first-order chi connectivity index (χ1) is 9.15. The second kappa shape index (κ2) is 6.92. The van der Waals surface area contributed by atoms with Gasteiger partial charge in [-0.15, -0.1) is 0 Å². The fraction of sp³-hybridized carbons (Fsp3) is 0.625. The molecule has 3 nitrogen and oxygen atoms in total. The molecule has 1 fully saturated rings. The number of rotatable bonds is 5. The third-order valence-corrected chi connectivity index (χ3v) is 4.11. The van der Waals surface area contributed by atoms with Crippen molar-refractivity contribution in [1.29, 1.82) is 0 Å². The van der Waals surface area contributed by atoms with Crippen LogP contribution in [0.15, 0.2) is 24.3 Å². The summed E-state index contributed by atoms with van der Waals surface area (Å²) in [6.45, 7) is 2.10. The van der Waals surface area contributed by atoms with Crippen LogP contribution in [0.5, 0.6) is 0 Å². The van der Waals surface area contributed by atoms with E-state index in [9.17, 15) is 0 Å². The van der Waals surface area contributed by atoms with Crippen LogP contribution in [0.25, 0.3) is 0 Å². The molecule has 0 amide bonds. The molecule has 1 saturated carbocycles. The number of nitrogens with one attached hydrogen (secondary N) is 1. The van der Waals surface area contributed by atoms with Crippen LogP contribution in [0.2, 0.25) is 0 Å². The summed E-state index contributed by atoms with van der Waals surface area (Å²) in [5, 5.41) is 3.58. The van der Waals surface area contributed by atoms with Gasteiger partial charge in [0.1, 0.15) is 0 Å². The molecular weight excluding hydrogens is 234 g/mol. The lowest BCUT2D eigenvalue weighted by Gasteiger charge is -2.26. The molecule has 0 aliphatic heterocycles. The molecule has 0 spiro atoms. The maximum absolute atomic E-state index is 5.93. The summed E-state index contributed by atoms with van der Waals surface area (Å²) in [5.74, 6) is 0.820. The van der Waals surface area contributed by atoms with Gasteiger partial charge in [0.15, 0.2) is 0 Å². The minimum absolute atomic E-state index is 0.454. The molecule has 0 aromatic heterocycles. The normalized spacial score (nSPS) is 23.3. The quantitative estimate of drug-likeness (QED) is 0.855. The van der Waals surface area contributed by atoms with E-state index in [0.29, 0.717) is 6.04 Å². The van der Waals surface area contributed by atoms with Crippen molar-refractivity contribution < 1.29 is 0 Å². The second-order valence-corrected chi connectivity index (χ2v) is 5.97. The number of benzene rings is 1. The Hall–Kier alpha value is -1.06. The van der Waals surface area contributed by atoms with E-state index in [1.807, 2.05) is 0 Å². The van der Waals surface area contributed by atoms with E-state index in [-0.39, 0.29) is 0 Å². The van der Waals surface area contributed by atoms with Gasteiger partial charge in [-0.1, -0.05) is 12.1 Å². The number of nitrogens with zero attached hydrogens (tertiary/aromatic N) is 1. The van der Waals surface area contributed by atoms with Crippen molar-refractivity contribution in [1.82, 2.24) is 5.32 Å². The molecular formula is C16H27N3. The number of nitrogens with two attached hydrogens (primary N) is 1. The Labute approximate surface area is 117 Å². The fourth-order valence-electron chi connectivity index (χ4n) is 2.72. The fourth-order valence-corrected chi connectivity index (χ4v) is 2.72. The lowest BCUT2D eigenvalue weighted by Crippen LogP contribution is -2.31. The van der Waals surface area contributed by atoms with Gasteiger partial charge in [-0.25, -0.2) is 0 Å². The highest BCUT2D eigenvalue weighted by atomic mass is 15.1. The molecule has 3 N–H and O–H groups in total. The van der Waals surface area contributed by atoms with E-state index >= 15 is 0 Å². The van der Waals surface area contributed by atoms with E-state index in [4.69, 9.17) is 5.73 Å². The monoisotopic (exact) mass is 261 g/mol. The van der Waals surface area contributed by atoms with Crippen molar-refractivity contribution >= 4 is 5.69 Å². The van der Waals surface area contributed by atoms with Crippen LogP contribution in [0.4, 0.5) is 5.69 Å². The van der Waals surface area contributed by atoms with Crippen LogP contribution in [-0.2, 0) is 6.54 Å². The summed E-state index contributed by atoms with van der Waals surface area (Å²) in [6.07, 6.45) is 4.97. The largest absolute Gasteiger partial charge is 0.378 e. The molecule has 1 aliphatic carbocycles. The summed E-state index contributed by atoms with van der Waals surface area (Å²) in [7, 11) is 4.14. The third kappa shape index (κ3) is 4.51. The zero-order valence-corrected chi connectivity index (χ0v) is 12.2. The smallest absolute Gasteiger partial charge is 0.0361 e. The molecule has 0 saturated heterocycles. The molecule has 1 aromatic carbocycles. The third-order valence-electron chi connectivity index (χ3n) is 4.11. The summed E-state index contributed by atoms with van der Waals surface area (Å²) in [4.78, 5) is 2.13. The summed E-state index contributed by atoms with van der Waals surface area (Å²) >= 11 is 0. The maximum Gasteiger partial charge on any atom is 0.0361 e. The Morgan fingerprint density at radius 1 is 1.11 bits per heavy atom. The van der Waals surface area contributed by atoms with Crippen molar-refractivity contribution in [3.05, 3.63) is 29.8 Å². The Bertz CT molecular complexity index is 364. The Balaban J connectivity index is 1.70. The van der Waals surface area contributed by atoms with Crippen LogP contribution < -0.4 is 16.0 Å². The zero-order valence-electron chi connectivity index (χ0n) is 12.2. The molecule has 0 unspecified atom stereocenters. The first kappa shape index (κ1) is 14.4. The highest BCUT2D eigenvalue weighted by Crippen LogP contribution is 2.22. The SMILES string of the molecule is CN(C)c1ccc(CNC[C@H]2CC[C@H](N)CC2)cc1. The second-order valence-electron chi connectivity index (χ2n) is 5.97. The van der Waals surface area contributed by atoms with Gasteiger partial charge in [-0.3, -0.25) is 0 Å². The topological polar surface area (TPSA) is 41.3 Å². The van der Waals surface area contributed by atoms with Gasteiger partial charge in [0, 0.05) is 32.4 Å². The Morgan fingerprint density at radius 3 is 2.32 bits per heavy atom. The van der Waals surface area contributed by atoms with Gasteiger partial charge in [0.05, 0.1) is 0 Å². The first-order valence-corrected chi connectivity index (χ1v) is 7.37. The lowest BCUT2D eigenvalue weighted by molar-refractivity contribution is 0.314. The van der Waals surface area contributed by atoms with E-state index in [1.54, 1.807) is 0 Å².